The van der Waals surface area contributed by atoms with E-state index in [1.807, 2.05) is 25.7 Å². The Balaban J connectivity index is 2.00. The Kier molecular flexibility index (Phi) is 5.57. The van der Waals surface area contributed by atoms with Gasteiger partial charge in [-0.25, -0.2) is 4.79 Å². The van der Waals surface area contributed by atoms with Crippen LogP contribution in [0.5, 0.6) is 0 Å². The minimum Gasteiger partial charge on any atom is -0.444 e. The van der Waals surface area contributed by atoms with Crippen LogP contribution in [-0.4, -0.2) is 39.4 Å². The second kappa shape index (κ2) is 7.09. The highest BCUT2D eigenvalue weighted by Gasteiger charge is 2.47. The van der Waals surface area contributed by atoms with Crippen LogP contribution in [0.3, 0.4) is 0 Å². The van der Waals surface area contributed by atoms with E-state index in [0.29, 0.717) is 19.3 Å². The van der Waals surface area contributed by atoms with E-state index >= 15 is 0 Å². The molecule has 0 aliphatic carbocycles. The summed E-state index contributed by atoms with van der Waals surface area (Å²) >= 11 is 0. The number of carbonyl (C=O) groups is 1. The van der Waals surface area contributed by atoms with E-state index in [4.69, 9.17) is 10.00 Å². The summed E-state index contributed by atoms with van der Waals surface area (Å²) in [5, 5.41) is 19.6. The molecular weight excluding hydrogens is 292 g/mol. The predicted octanol–water partition coefficient (Wildman–Crippen LogP) is 3.75. The van der Waals surface area contributed by atoms with Gasteiger partial charge in [0.15, 0.2) is 0 Å². The lowest BCUT2D eigenvalue weighted by Crippen LogP contribution is -2.60. The van der Waals surface area contributed by atoms with E-state index in [1.54, 1.807) is 0 Å². The zero-order valence-corrected chi connectivity index (χ0v) is 14.7. The SMILES string of the molecule is CC(C)(C)OC(=O)N1C2CCCC1CC(O)(CCCCC#N)C2. The Morgan fingerprint density at radius 3 is 2.43 bits per heavy atom. The van der Waals surface area contributed by atoms with Gasteiger partial charge in [0.05, 0.1) is 11.7 Å². The first kappa shape index (κ1) is 18.1. The van der Waals surface area contributed by atoms with Crippen LogP contribution in [0.4, 0.5) is 4.79 Å². The summed E-state index contributed by atoms with van der Waals surface area (Å²) in [6.45, 7) is 5.66. The molecule has 0 saturated carbocycles. The molecule has 2 aliphatic rings. The maximum Gasteiger partial charge on any atom is 0.410 e. The van der Waals surface area contributed by atoms with Crippen LogP contribution in [0.25, 0.3) is 0 Å². The van der Waals surface area contributed by atoms with Crippen LogP contribution >= 0.6 is 0 Å². The molecule has 0 radical (unpaired) electrons. The lowest BCUT2D eigenvalue weighted by atomic mass is 9.73. The zero-order chi connectivity index (χ0) is 17.1. The molecule has 5 heteroatoms. The van der Waals surface area contributed by atoms with Crippen molar-refractivity contribution in [3.05, 3.63) is 0 Å². The molecule has 130 valence electrons. The molecule has 2 bridgehead atoms. The topological polar surface area (TPSA) is 73.6 Å². The van der Waals surface area contributed by atoms with Gasteiger partial charge in [0.25, 0.3) is 0 Å². The summed E-state index contributed by atoms with van der Waals surface area (Å²) in [5.74, 6) is 0. The third-order valence-electron chi connectivity index (χ3n) is 4.88. The molecule has 2 saturated heterocycles. The molecule has 0 aromatic carbocycles. The molecule has 2 fully saturated rings. The van der Waals surface area contributed by atoms with Crippen LogP contribution in [0, 0.1) is 11.3 Å². The van der Waals surface area contributed by atoms with Crippen LogP contribution in [-0.2, 0) is 4.74 Å². The van der Waals surface area contributed by atoms with Crippen molar-refractivity contribution in [2.24, 2.45) is 0 Å². The van der Waals surface area contributed by atoms with Gasteiger partial charge >= 0.3 is 6.09 Å². The quantitative estimate of drug-likeness (QED) is 0.800. The molecule has 0 aromatic heterocycles. The number of rotatable bonds is 4. The lowest BCUT2D eigenvalue weighted by Gasteiger charge is -2.51. The lowest BCUT2D eigenvalue weighted by molar-refractivity contribution is -0.0965. The fourth-order valence-corrected chi connectivity index (χ4v) is 4.00. The van der Waals surface area contributed by atoms with Gasteiger partial charge in [0, 0.05) is 18.5 Å². The van der Waals surface area contributed by atoms with Crippen molar-refractivity contribution in [3.63, 3.8) is 0 Å². The summed E-state index contributed by atoms with van der Waals surface area (Å²) < 4.78 is 5.56. The first-order valence-electron chi connectivity index (χ1n) is 8.85. The highest BCUT2D eigenvalue weighted by molar-refractivity contribution is 5.69. The number of amides is 1. The second-order valence-electron chi connectivity index (χ2n) is 8.12. The molecule has 23 heavy (non-hydrogen) atoms. The number of hydrogen-bond donors (Lipinski definition) is 1. The average molecular weight is 322 g/mol. The molecule has 5 nitrogen and oxygen atoms in total. The minimum absolute atomic E-state index is 0.0818. The van der Waals surface area contributed by atoms with E-state index in [0.717, 1.165) is 38.5 Å². The molecule has 1 N–H and O–H groups in total. The van der Waals surface area contributed by atoms with Crippen molar-refractivity contribution in [1.82, 2.24) is 4.90 Å². The third-order valence-corrected chi connectivity index (χ3v) is 4.88. The highest BCUT2D eigenvalue weighted by Crippen LogP contribution is 2.42. The fraction of sp³-hybridized carbons (Fsp3) is 0.889. The Hall–Kier alpha value is -1.28. The second-order valence-corrected chi connectivity index (χ2v) is 8.12. The summed E-state index contributed by atoms with van der Waals surface area (Å²) in [4.78, 5) is 14.4. The van der Waals surface area contributed by atoms with E-state index in [1.165, 1.54) is 0 Å². The molecular formula is C18H30N2O3. The van der Waals surface area contributed by atoms with E-state index in [9.17, 15) is 9.90 Å². The number of piperidine rings is 2. The molecule has 2 heterocycles. The Bertz CT molecular complexity index is 450. The monoisotopic (exact) mass is 322 g/mol. The summed E-state index contributed by atoms with van der Waals surface area (Å²) in [5.41, 5.74) is -1.18. The van der Waals surface area contributed by atoms with Crippen LogP contribution in [0.2, 0.25) is 0 Å². The largest absolute Gasteiger partial charge is 0.444 e. The number of carbonyl (C=O) groups excluding carboxylic acids is 1. The first-order valence-corrected chi connectivity index (χ1v) is 8.85. The standard InChI is InChI=1S/C18H30N2O3/c1-17(2,3)23-16(21)20-14-8-7-9-15(20)13-18(22,12-14)10-5-4-6-11-19/h14-15,22H,4-10,12-13H2,1-3H3. The van der Waals surface area contributed by atoms with Crippen LogP contribution in [0.15, 0.2) is 0 Å². The molecule has 2 rings (SSSR count). The van der Waals surface area contributed by atoms with Gasteiger partial charge in [-0.15, -0.1) is 0 Å². The van der Waals surface area contributed by atoms with Gasteiger partial charge in [-0.2, -0.15) is 5.26 Å². The summed E-state index contributed by atoms with van der Waals surface area (Å²) in [6, 6.07) is 2.31. The van der Waals surface area contributed by atoms with Gasteiger partial charge in [0.2, 0.25) is 0 Å². The Labute approximate surface area is 139 Å². The van der Waals surface area contributed by atoms with Crippen LogP contribution < -0.4 is 0 Å². The van der Waals surface area contributed by atoms with Crippen molar-refractivity contribution in [1.29, 1.82) is 5.26 Å². The van der Waals surface area contributed by atoms with Gasteiger partial charge in [-0.3, -0.25) is 0 Å². The Morgan fingerprint density at radius 1 is 1.30 bits per heavy atom. The maximum atomic E-state index is 12.5. The van der Waals surface area contributed by atoms with Crippen molar-refractivity contribution in [2.75, 3.05) is 0 Å². The normalized spacial score (nSPS) is 30.7. The molecule has 0 aromatic rings. The maximum absolute atomic E-state index is 12.5. The van der Waals surface area contributed by atoms with Crippen molar-refractivity contribution in [2.45, 2.75) is 102 Å². The third kappa shape index (κ3) is 4.84. The van der Waals surface area contributed by atoms with E-state index in [2.05, 4.69) is 6.07 Å². The molecule has 1 amide bonds. The molecule has 2 atom stereocenters. The van der Waals surface area contributed by atoms with Crippen molar-refractivity contribution < 1.29 is 14.6 Å². The number of aliphatic hydroxyl groups is 1. The zero-order valence-electron chi connectivity index (χ0n) is 14.7. The van der Waals surface area contributed by atoms with Gasteiger partial charge < -0.3 is 14.7 Å². The minimum atomic E-state index is -0.691. The van der Waals surface area contributed by atoms with Gasteiger partial charge in [-0.1, -0.05) is 0 Å². The smallest absolute Gasteiger partial charge is 0.410 e. The van der Waals surface area contributed by atoms with Crippen LogP contribution in [0.1, 0.15) is 78.6 Å². The predicted molar refractivity (Wildman–Crippen MR) is 87.8 cm³/mol. The molecule has 0 spiro atoms. The molecule has 2 unspecified atom stereocenters. The number of fused-ring (bicyclic) bond motifs is 2. The van der Waals surface area contributed by atoms with Gasteiger partial charge in [0.1, 0.15) is 5.60 Å². The van der Waals surface area contributed by atoms with Gasteiger partial charge in [-0.05, 0) is 72.1 Å². The number of unbranched alkanes of at least 4 members (excludes halogenated alkanes) is 2. The number of nitrogens with zero attached hydrogens (tertiary/aromatic N) is 2. The summed E-state index contributed by atoms with van der Waals surface area (Å²) in [6.07, 6.45) is 7.01. The number of ether oxygens (including phenoxy) is 1. The van der Waals surface area contributed by atoms with E-state index < -0.39 is 11.2 Å². The van der Waals surface area contributed by atoms with Crippen molar-refractivity contribution >= 4 is 6.09 Å². The fourth-order valence-electron chi connectivity index (χ4n) is 4.00. The summed E-state index contributed by atoms with van der Waals surface area (Å²) in [7, 11) is 0. The van der Waals surface area contributed by atoms with Crippen molar-refractivity contribution in [3.8, 4) is 6.07 Å². The van der Waals surface area contributed by atoms with E-state index in [-0.39, 0.29) is 18.2 Å². The Morgan fingerprint density at radius 2 is 1.91 bits per heavy atom. The first-order chi connectivity index (χ1) is 10.7. The highest BCUT2D eigenvalue weighted by atomic mass is 16.6. The number of nitriles is 1. The average Bonchev–Trinajstić information content (AvgIpc) is 2.40. The number of hydrogen-bond acceptors (Lipinski definition) is 4. The molecule has 2 aliphatic heterocycles.